The molecule has 0 bridgehead atoms. The predicted octanol–water partition coefficient (Wildman–Crippen LogP) is 2.48. The maximum absolute atomic E-state index is 12.6. The van der Waals surface area contributed by atoms with E-state index in [9.17, 15) is 4.79 Å². The summed E-state index contributed by atoms with van der Waals surface area (Å²) in [5, 5.41) is 2.81. The number of carbonyl (C=O) groups is 1. The Hall–Kier alpha value is -2.24. The molecule has 1 atom stereocenters. The maximum Gasteiger partial charge on any atom is 0.242 e. The van der Waals surface area contributed by atoms with Crippen LogP contribution in [0.15, 0.2) is 48.7 Å². The summed E-state index contributed by atoms with van der Waals surface area (Å²) < 4.78 is 5.40. The van der Waals surface area contributed by atoms with Gasteiger partial charge in [-0.2, -0.15) is 0 Å². The molecule has 1 amide bonds. The number of nitrogens with zero attached hydrogens (tertiary/aromatic N) is 2. The molecule has 1 aliphatic heterocycles. The molecule has 1 unspecified atom stereocenters. The van der Waals surface area contributed by atoms with Crippen molar-refractivity contribution in [3.63, 3.8) is 0 Å². The SMILES string of the molecule is CNC(=O)C1(COC)CCCN1Cc1cccc(-c2ccccn2)c1. The average Bonchev–Trinajstić information content (AvgIpc) is 3.05. The Balaban J connectivity index is 1.85. The Bertz CT molecular complexity index is 720. The molecule has 1 fully saturated rings. The first-order valence-electron chi connectivity index (χ1n) is 8.66. The standard InChI is InChI=1S/C20H25N3O2/c1-21-19(24)20(15-25-2)10-6-12-23(20)14-16-7-5-8-17(13-16)18-9-3-4-11-22-18/h3-5,7-9,11,13H,6,10,12,14-15H2,1-2H3,(H,21,24). The van der Waals surface area contributed by atoms with E-state index in [2.05, 4.69) is 33.4 Å². The Morgan fingerprint density at radius 2 is 2.20 bits per heavy atom. The molecule has 25 heavy (non-hydrogen) atoms. The molecule has 1 aromatic carbocycles. The number of carbonyl (C=O) groups excluding carboxylic acids is 1. The van der Waals surface area contributed by atoms with Gasteiger partial charge in [-0.1, -0.05) is 24.3 Å². The molecule has 5 heteroatoms. The zero-order chi connectivity index (χ0) is 17.7. The Morgan fingerprint density at radius 3 is 2.92 bits per heavy atom. The van der Waals surface area contributed by atoms with E-state index in [1.54, 1.807) is 20.4 Å². The zero-order valence-corrected chi connectivity index (χ0v) is 14.9. The molecule has 132 valence electrons. The first kappa shape index (κ1) is 17.6. The summed E-state index contributed by atoms with van der Waals surface area (Å²) in [6.45, 7) is 2.02. The van der Waals surface area contributed by atoms with E-state index in [-0.39, 0.29) is 5.91 Å². The second-order valence-electron chi connectivity index (χ2n) is 6.48. The average molecular weight is 339 g/mol. The molecule has 1 aliphatic rings. The van der Waals surface area contributed by atoms with E-state index in [1.165, 1.54) is 5.56 Å². The lowest BCUT2D eigenvalue weighted by Crippen LogP contribution is -2.57. The third-order valence-electron chi connectivity index (χ3n) is 4.92. The molecule has 2 aromatic rings. The van der Waals surface area contributed by atoms with Crippen molar-refractivity contribution < 1.29 is 9.53 Å². The van der Waals surface area contributed by atoms with Crippen LogP contribution in [0.4, 0.5) is 0 Å². The van der Waals surface area contributed by atoms with Crippen molar-refractivity contribution >= 4 is 5.91 Å². The molecular weight excluding hydrogens is 314 g/mol. The van der Waals surface area contributed by atoms with Gasteiger partial charge < -0.3 is 10.1 Å². The van der Waals surface area contributed by atoms with Crippen LogP contribution in [0.3, 0.4) is 0 Å². The Labute approximate surface area is 149 Å². The fourth-order valence-corrected chi connectivity index (χ4v) is 3.71. The number of benzene rings is 1. The summed E-state index contributed by atoms with van der Waals surface area (Å²) in [4.78, 5) is 19.2. The lowest BCUT2D eigenvalue weighted by atomic mass is 9.95. The van der Waals surface area contributed by atoms with Gasteiger partial charge in [-0.05, 0) is 43.1 Å². The zero-order valence-electron chi connectivity index (χ0n) is 14.9. The van der Waals surface area contributed by atoms with Gasteiger partial charge in [-0.25, -0.2) is 0 Å². The highest BCUT2D eigenvalue weighted by Gasteiger charge is 2.46. The smallest absolute Gasteiger partial charge is 0.242 e. The van der Waals surface area contributed by atoms with Gasteiger partial charge in [0.05, 0.1) is 12.3 Å². The summed E-state index contributed by atoms with van der Waals surface area (Å²) in [5.74, 6) is 0.0349. The number of ether oxygens (including phenoxy) is 1. The third-order valence-corrected chi connectivity index (χ3v) is 4.92. The van der Waals surface area contributed by atoms with Gasteiger partial charge in [0.2, 0.25) is 5.91 Å². The highest BCUT2D eigenvalue weighted by atomic mass is 16.5. The first-order chi connectivity index (χ1) is 12.2. The molecule has 0 aliphatic carbocycles. The van der Waals surface area contributed by atoms with E-state index in [0.29, 0.717) is 6.61 Å². The van der Waals surface area contributed by atoms with Crippen molar-refractivity contribution in [1.29, 1.82) is 0 Å². The summed E-state index contributed by atoms with van der Waals surface area (Å²) in [6, 6.07) is 14.3. The lowest BCUT2D eigenvalue weighted by Gasteiger charge is -2.36. The van der Waals surface area contributed by atoms with Gasteiger partial charge in [0.1, 0.15) is 5.54 Å². The van der Waals surface area contributed by atoms with Gasteiger partial charge >= 0.3 is 0 Å². The Morgan fingerprint density at radius 1 is 1.32 bits per heavy atom. The molecular formula is C20H25N3O2. The fraction of sp³-hybridized carbons (Fsp3) is 0.400. The van der Waals surface area contributed by atoms with E-state index in [4.69, 9.17) is 4.74 Å². The minimum atomic E-state index is -0.579. The number of pyridine rings is 1. The van der Waals surface area contributed by atoms with Crippen molar-refractivity contribution in [2.24, 2.45) is 0 Å². The molecule has 0 spiro atoms. The summed E-state index contributed by atoms with van der Waals surface area (Å²) >= 11 is 0. The third kappa shape index (κ3) is 3.57. The quantitative estimate of drug-likeness (QED) is 0.878. The van der Waals surface area contributed by atoms with E-state index < -0.39 is 5.54 Å². The fourth-order valence-electron chi connectivity index (χ4n) is 3.71. The number of methoxy groups -OCH3 is 1. The van der Waals surface area contributed by atoms with Crippen molar-refractivity contribution in [3.05, 3.63) is 54.2 Å². The summed E-state index contributed by atoms with van der Waals surface area (Å²) in [7, 11) is 3.35. The highest BCUT2D eigenvalue weighted by molar-refractivity contribution is 5.86. The van der Waals surface area contributed by atoms with Gasteiger partial charge in [0.15, 0.2) is 0 Å². The molecule has 0 saturated carbocycles. The number of likely N-dealkylation sites (N-methyl/N-ethyl adjacent to an activating group) is 1. The van der Waals surface area contributed by atoms with Crippen molar-refractivity contribution in [2.75, 3.05) is 27.3 Å². The number of aromatic nitrogens is 1. The number of amides is 1. The van der Waals surface area contributed by atoms with Crippen LogP contribution in [0.2, 0.25) is 0 Å². The van der Waals surface area contributed by atoms with Crippen LogP contribution in [-0.4, -0.2) is 48.6 Å². The molecule has 1 aromatic heterocycles. The molecule has 5 nitrogen and oxygen atoms in total. The van der Waals surface area contributed by atoms with Crippen LogP contribution in [0, 0.1) is 0 Å². The van der Waals surface area contributed by atoms with E-state index in [0.717, 1.165) is 37.2 Å². The van der Waals surface area contributed by atoms with E-state index >= 15 is 0 Å². The summed E-state index contributed by atoms with van der Waals surface area (Å²) in [6.07, 6.45) is 3.62. The van der Waals surface area contributed by atoms with Gasteiger partial charge in [-0.15, -0.1) is 0 Å². The molecule has 1 N–H and O–H groups in total. The van der Waals surface area contributed by atoms with Crippen LogP contribution < -0.4 is 5.32 Å². The number of likely N-dealkylation sites (tertiary alicyclic amines) is 1. The largest absolute Gasteiger partial charge is 0.382 e. The second kappa shape index (κ2) is 7.76. The number of hydrogen-bond donors (Lipinski definition) is 1. The van der Waals surface area contributed by atoms with Crippen molar-refractivity contribution in [1.82, 2.24) is 15.2 Å². The number of hydrogen-bond acceptors (Lipinski definition) is 4. The van der Waals surface area contributed by atoms with Crippen molar-refractivity contribution in [3.8, 4) is 11.3 Å². The minimum absolute atomic E-state index is 0.0349. The number of nitrogens with one attached hydrogen (secondary N) is 1. The highest BCUT2D eigenvalue weighted by Crippen LogP contribution is 2.32. The minimum Gasteiger partial charge on any atom is -0.382 e. The topological polar surface area (TPSA) is 54.5 Å². The number of rotatable bonds is 6. The van der Waals surface area contributed by atoms with Gasteiger partial charge in [-0.3, -0.25) is 14.7 Å². The molecule has 0 radical (unpaired) electrons. The predicted molar refractivity (Wildman–Crippen MR) is 98.0 cm³/mol. The Kier molecular flexibility index (Phi) is 5.46. The van der Waals surface area contributed by atoms with Gasteiger partial charge in [0.25, 0.3) is 0 Å². The monoisotopic (exact) mass is 339 g/mol. The van der Waals surface area contributed by atoms with Crippen molar-refractivity contribution in [2.45, 2.75) is 24.9 Å². The molecule has 3 rings (SSSR count). The van der Waals surface area contributed by atoms with Crippen LogP contribution >= 0.6 is 0 Å². The lowest BCUT2D eigenvalue weighted by molar-refractivity contribution is -0.135. The second-order valence-corrected chi connectivity index (χ2v) is 6.48. The molecule has 1 saturated heterocycles. The first-order valence-corrected chi connectivity index (χ1v) is 8.66. The van der Waals surface area contributed by atoms with Crippen LogP contribution in [0.1, 0.15) is 18.4 Å². The van der Waals surface area contributed by atoms with Gasteiger partial charge in [0, 0.05) is 32.5 Å². The summed E-state index contributed by atoms with van der Waals surface area (Å²) in [5.41, 5.74) is 2.65. The maximum atomic E-state index is 12.6. The van der Waals surface area contributed by atoms with Crippen LogP contribution in [0.25, 0.3) is 11.3 Å². The van der Waals surface area contributed by atoms with Crippen LogP contribution in [-0.2, 0) is 16.1 Å². The molecule has 2 heterocycles. The van der Waals surface area contributed by atoms with E-state index in [1.807, 2.05) is 24.3 Å². The normalized spacial score (nSPS) is 20.6. The van der Waals surface area contributed by atoms with Crippen LogP contribution in [0.5, 0.6) is 0 Å².